The van der Waals surface area contributed by atoms with Crippen LogP contribution in [0.2, 0.25) is 0 Å². The Balaban J connectivity index is 1.90. The van der Waals surface area contributed by atoms with Crippen LogP contribution in [0.15, 0.2) is 29.8 Å². The van der Waals surface area contributed by atoms with Gasteiger partial charge in [-0.05, 0) is 30.0 Å². The molecule has 21 heavy (non-hydrogen) atoms. The molecule has 2 aromatic rings. The van der Waals surface area contributed by atoms with Crippen molar-refractivity contribution >= 4 is 11.3 Å². The topological polar surface area (TPSA) is 34.2 Å². The third-order valence-electron chi connectivity index (χ3n) is 2.93. The Labute approximate surface area is 129 Å². The summed E-state index contributed by atoms with van der Waals surface area (Å²) in [6.07, 6.45) is 2.04. The van der Waals surface area contributed by atoms with Crippen LogP contribution < -0.4 is 10.1 Å². The lowest BCUT2D eigenvalue weighted by molar-refractivity contribution is 0.304. The van der Waals surface area contributed by atoms with Crippen molar-refractivity contribution in [3.05, 3.63) is 46.0 Å². The zero-order chi connectivity index (χ0) is 15.1. The van der Waals surface area contributed by atoms with Crippen molar-refractivity contribution < 1.29 is 9.13 Å². The highest BCUT2D eigenvalue weighted by Gasteiger charge is 2.08. The number of rotatable bonds is 8. The SMILES string of the molecule is CC(C)CNCc1cc(F)cnc1OCCc1cccs1. The molecule has 0 atom stereocenters. The Morgan fingerprint density at radius 2 is 2.29 bits per heavy atom. The lowest BCUT2D eigenvalue weighted by Gasteiger charge is -2.12. The molecule has 0 unspecified atom stereocenters. The van der Waals surface area contributed by atoms with E-state index >= 15 is 0 Å². The van der Waals surface area contributed by atoms with Crippen LogP contribution in [-0.4, -0.2) is 18.1 Å². The molecule has 0 radical (unpaired) electrons. The highest BCUT2D eigenvalue weighted by Crippen LogP contribution is 2.17. The number of pyridine rings is 1. The van der Waals surface area contributed by atoms with E-state index in [2.05, 4.69) is 30.2 Å². The van der Waals surface area contributed by atoms with Crippen molar-refractivity contribution in [1.29, 1.82) is 0 Å². The molecule has 0 saturated heterocycles. The summed E-state index contributed by atoms with van der Waals surface area (Å²) >= 11 is 1.71. The van der Waals surface area contributed by atoms with Crippen molar-refractivity contribution in [1.82, 2.24) is 10.3 Å². The molecule has 0 spiro atoms. The minimum absolute atomic E-state index is 0.332. The second-order valence-electron chi connectivity index (χ2n) is 5.32. The molecule has 1 N–H and O–H groups in total. The van der Waals surface area contributed by atoms with E-state index in [1.807, 2.05) is 11.4 Å². The molecule has 2 heterocycles. The molecule has 0 fully saturated rings. The Morgan fingerprint density at radius 3 is 3.00 bits per heavy atom. The van der Waals surface area contributed by atoms with Crippen LogP contribution in [0, 0.1) is 11.7 Å². The Kier molecular flexibility index (Phi) is 6.14. The molecule has 5 heteroatoms. The van der Waals surface area contributed by atoms with Crippen molar-refractivity contribution in [3.63, 3.8) is 0 Å². The fourth-order valence-electron chi connectivity index (χ4n) is 1.92. The van der Waals surface area contributed by atoms with Crippen LogP contribution in [-0.2, 0) is 13.0 Å². The zero-order valence-corrected chi connectivity index (χ0v) is 13.3. The molecular weight excluding hydrogens is 287 g/mol. The van der Waals surface area contributed by atoms with E-state index in [0.717, 1.165) is 18.5 Å². The quantitative estimate of drug-likeness (QED) is 0.808. The predicted molar refractivity (Wildman–Crippen MR) is 84.3 cm³/mol. The highest BCUT2D eigenvalue weighted by atomic mass is 32.1. The van der Waals surface area contributed by atoms with Crippen LogP contribution in [0.5, 0.6) is 5.88 Å². The van der Waals surface area contributed by atoms with Crippen LogP contribution in [0.1, 0.15) is 24.3 Å². The number of aromatic nitrogens is 1. The highest BCUT2D eigenvalue weighted by molar-refractivity contribution is 7.09. The molecule has 114 valence electrons. The molecule has 0 amide bonds. The van der Waals surface area contributed by atoms with Crippen molar-refractivity contribution in [2.45, 2.75) is 26.8 Å². The first-order valence-corrected chi connectivity index (χ1v) is 8.03. The lowest BCUT2D eigenvalue weighted by Crippen LogP contribution is -2.20. The van der Waals surface area contributed by atoms with E-state index in [4.69, 9.17) is 4.74 Å². The van der Waals surface area contributed by atoms with E-state index in [1.165, 1.54) is 17.1 Å². The van der Waals surface area contributed by atoms with Crippen LogP contribution >= 0.6 is 11.3 Å². The fourth-order valence-corrected chi connectivity index (χ4v) is 2.61. The monoisotopic (exact) mass is 308 g/mol. The van der Waals surface area contributed by atoms with Gasteiger partial charge in [-0.15, -0.1) is 11.3 Å². The number of nitrogens with zero attached hydrogens (tertiary/aromatic N) is 1. The summed E-state index contributed by atoms with van der Waals surface area (Å²) in [5.41, 5.74) is 0.766. The number of nitrogens with one attached hydrogen (secondary N) is 1. The van der Waals surface area contributed by atoms with Gasteiger partial charge >= 0.3 is 0 Å². The average molecular weight is 308 g/mol. The van der Waals surface area contributed by atoms with Crippen LogP contribution in [0.4, 0.5) is 4.39 Å². The Hall–Kier alpha value is -1.46. The standard InChI is InChI=1S/C16H21FN2OS/c1-12(2)9-18-10-13-8-14(17)11-19-16(13)20-6-5-15-4-3-7-21-15/h3-4,7-8,11-12,18H,5-6,9-10H2,1-2H3. The van der Waals surface area contributed by atoms with Gasteiger partial charge in [-0.1, -0.05) is 19.9 Å². The molecule has 0 aromatic carbocycles. The van der Waals surface area contributed by atoms with Crippen LogP contribution in [0.3, 0.4) is 0 Å². The maximum Gasteiger partial charge on any atom is 0.218 e. The minimum Gasteiger partial charge on any atom is -0.477 e. The summed E-state index contributed by atoms with van der Waals surface area (Å²) in [6, 6.07) is 5.59. The number of hydrogen-bond acceptors (Lipinski definition) is 4. The summed E-state index contributed by atoms with van der Waals surface area (Å²) in [5, 5.41) is 5.34. The van der Waals surface area contributed by atoms with E-state index < -0.39 is 0 Å². The summed E-state index contributed by atoms with van der Waals surface area (Å²) in [7, 11) is 0. The smallest absolute Gasteiger partial charge is 0.218 e. The van der Waals surface area contributed by atoms with Crippen LogP contribution in [0.25, 0.3) is 0 Å². The largest absolute Gasteiger partial charge is 0.477 e. The molecule has 0 bridgehead atoms. The summed E-state index contributed by atoms with van der Waals surface area (Å²) in [4.78, 5) is 5.34. The molecule has 0 saturated carbocycles. The number of hydrogen-bond donors (Lipinski definition) is 1. The van der Waals surface area contributed by atoms with Gasteiger partial charge in [0, 0.05) is 23.4 Å². The molecule has 0 aliphatic heterocycles. The number of thiophene rings is 1. The predicted octanol–water partition coefficient (Wildman–Crippen LogP) is 3.65. The fraction of sp³-hybridized carbons (Fsp3) is 0.438. The first kappa shape index (κ1) is 15.9. The molecule has 3 nitrogen and oxygen atoms in total. The molecule has 0 aliphatic rings. The van der Waals surface area contributed by atoms with Crippen molar-refractivity contribution in [2.24, 2.45) is 5.92 Å². The maximum absolute atomic E-state index is 13.3. The van der Waals surface area contributed by atoms with E-state index in [1.54, 1.807) is 11.3 Å². The minimum atomic E-state index is -0.332. The first-order valence-electron chi connectivity index (χ1n) is 7.15. The zero-order valence-electron chi connectivity index (χ0n) is 12.4. The second kappa shape index (κ2) is 8.10. The van der Waals surface area contributed by atoms with Gasteiger partial charge in [0.1, 0.15) is 5.82 Å². The molecular formula is C16H21FN2OS. The van der Waals surface area contributed by atoms with E-state index in [0.29, 0.717) is 24.9 Å². The first-order chi connectivity index (χ1) is 10.1. The van der Waals surface area contributed by atoms with Gasteiger partial charge in [-0.25, -0.2) is 9.37 Å². The second-order valence-corrected chi connectivity index (χ2v) is 6.35. The van der Waals surface area contributed by atoms with Gasteiger partial charge in [0.15, 0.2) is 0 Å². The third kappa shape index (κ3) is 5.44. The van der Waals surface area contributed by atoms with Gasteiger partial charge < -0.3 is 10.1 Å². The van der Waals surface area contributed by atoms with Gasteiger partial charge in [0.25, 0.3) is 0 Å². The van der Waals surface area contributed by atoms with E-state index in [-0.39, 0.29) is 5.82 Å². The summed E-state index contributed by atoms with van der Waals surface area (Å²) in [5.74, 6) is 0.737. The number of ether oxygens (including phenoxy) is 1. The van der Waals surface area contributed by atoms with Gasteiger partial charge in [0.05, 0.1) is 12.8 Å². The molecule has 0 aliphatic carbocycles. The third-order valence-corrected chi connectivity index (χ3v) is 3.86. The molecule has 2 rings (SSSR count). The summed E-state index contributed by atoms with van der Waals surface area (Å²) < 4.78 is 19.0. The summed E-state index contributed by atoms with van der Waals surface area (Å²) in [6.45, 7) is 6.27. The van der Waals surface area contributed by atoms with E-state index in [9.17, 15) is 4.39 Å². The van der Waals surface area contributed by atoms with Gasteiger partial charge in [-0.3, -0.25) is 0 Å². The Morgan fingerprint density at radius 1 is 1.43 bits per heavy atom. The van der Waals surface area contributed by atoms with Gasteiger partial charge in [0.2, 0.25) is 5.88 Å². The molecule has 2 aromatic heterocycles. The maximum atomic E-state index is 13.3. The van der Waals surface area contributed by atoms with Gasteiger partial charge in [-0.2, -0.15) is 0 Å². The average Bonchev–Trinajstić information content (AvgIpc) is 2.94. The number of halogens is 1. The van der Waals surface area contributed by atoms with Crippen molar-refractivity contribution in [3.8, 4) is 5.88 Å². The normalized spacial score (nSPS) is 11.0. The Bertz CT molecular complexity index is 543. The lowest BCUT2D eigenvalue weighted by atomic mass is 10.2. The van der Waals surface area contributed by atoms with Crippen molar-refractivity contribution in [2.75, 3.05) is 13.2 Å².